The van der Waals surface area contributed by atoms with Crippen molar-refractivity contribution in [1.29, 1.82) is 0 Å². The molecule has 0 radical (unpaired) electrons. The number of esters is 1. The summed E-state index contributed by atoms with van der Waals surface area (Å²) in [6.45, 7) is 2.09. The lowest BCUT2D eigenvalue weighted by molar-refractivity contribution is -0.144. The van der Waals surface area contributed by atoms with Gasteiger partial charge in [0.25, 0.3) is 0 Å². The van der Waals surface area contributed by atoms with Gasteiger partial charge in [0.05, 0.1) is 25.3 Å². The first kappa shape index (κ1) is 12.9. The lowest BCUT2D eigenvalue weighted by Gasteiger charge is -2.19. The van der Waals surface area contributed by atoms with E-state index in [1.165, 1.54) is 0 Å². The highest BCUT2D eigenvalue weighted by Crippen LogP contribution is 2.51. The van der Waals surface area contributed by atoms with Crippen LogP contribution >= 0.6 is 0 Å². The fraction of sp³-hybridized carbons (Fsp3) is 0.909. The van der Waals surface area contributed by atoms with Gasteiger partial charge < -0.3 is 20.2 Å². The highest BCUT2D eigenvalue weighted by atomic mass is 16.5. The van der Waals surface area contributed by atoms with E-state index in [1.54, 1.807) is 6.92 Å². The van der Waals surface area contributed by atoms with E-state index in [9.17, 15) is 9.90 Å². The molecule has 0 aromatic carbocycles. The molecule has 0 aromatic rings. The summed E-state index contributed by atoms with van der Waals surface area (Å²) in [5.74, 6) is -0.0882. The molecule has 0 spiro atoms. The van der Waals surface area contributed by atoms with E-state index >= 15 is 0 Å². The number of rotatable bonds is 4. The Morgan fingerprint density at radius 2 is 2.24 bits per heavy atom. The van der Waals surface area contributed by atoms with Crippen molar-refractivity contribution in [3.8, 4) is 0 Å². The first-order chi connectivity index (χ1) is 8.19. The van der Waals surface area contributed by atoms with E-state index in [4.69, 9.17) is 15.1 Å². The van der Waals surface area contributed by atoms with Crippen LogP contribution in [0.15, 0.2) is 0 Å². The molecule has 5 nitrogen and oxygen atoms in total. The zero-order valence-electron chi connectivity index (χ0n) is 10.2. The van der Waals surface area contributed by atoms with Crippen molar-refractivity contribution in [3.63, 3.8) is 0 Å². The van der Waals surface area contributed by atoms with Gasteiger partial charge in [-0.05, 0) is 37.9 Å². The van der Waals surface area contributed by atoms with Crippen LogP contribution < -0.4 is 5.73 Å². The molecule has 96 valence electrons. The Labute approximate surface area is 102 Å². The normalized spacial score (nSPS) is 36.1. The van der Waals surface area contributed by atoms with Crippen LogP contribution in [0.5, 0.6) is 0 Å². The van der Waals surface area contributed by atoms with Crippen molar-refractivity contribution >= 4 is 12.9 Å². The Hall–Kier alpha value is -0.585. The highest BCUT2D eigenvalue weighted by molar-refractivity contribution is 6.59. The average Bonchev–Trinajstić information content (AvgIpc) is 2.80. The van der Waals surface area contributed by atoms with Gasteiger partial charge in [0, 0.05) is 0 Å². The topological polar surface area (TPSA) is 81.8 Å². The molecule has 4 atom stereocenters. The Bertz CT molecular complexity index is 289. The smallest absolute Gasteiger partial charge is 0.309 e. The third-order valence-corrected chi connectivity index (χ3v) is 4.08. The lowest BCUT2D eigenvalue weighted by atomic mass is 9.56. The van der Waals surface area contributed by atoms with Crippen LogP contribution in [0.4, 0.5) is 0 Å². The number of fused-ring (bicyclic) bond motifs is 1. The molecule has 3 N–H and O–H groups in total. The van der Waals surface area contributed by atoms with Crippen molar-refractivity contribution < 1.29 is 19.3 Å². The van der Waals surface area contributed by atoms with Gasteiger partial charge >= 0.3 is 12.9 Å². The molecule has 1 heterocycles. The van der Waals surface area contributed by atoms with Gasteiger partial charge in [-0.3, -0.25) is 4.79 Å². The van der Waals surface area contributed by atoms with Crippen LogP contribution in [0.3, 0.4) is 0 Å². The standard InChI is InChI=1S/C11H20BNO4/c1-2-16-11(15)10-7-3-4-9(14)8(7)5-12(10)17-6-13/h7-10,14H,2-6,13H2,1H3/t7-,8-,9?,10?/m0/s1. The van der Waals surface area contributed by atoms with Crippen LogP contribution in [-0.4, -0.2) is 37.4 Å². The summed E-state index contributed by atoms with van der Waals surface area (Å²) >= 11 is 0. The molecule has 6 heteroatoms. The number of carbonyl (C=O) groups excluding carboxylic acids is 1. The van der Waals surface area contributed by atoms with E-state index in [0.717, 1.165) is 12.8 Å². The van der Waals surface area contributed by atoms with E-state index in [0.29, 0.717) is 12.9 Å². The molecule has 1 aliphatic heterocycles. The number of ether oxygens (including phenoxy) is 1. The summed E-state index contributed by atoms with van der Waals surface area (Å²) in [6.07, 6.45) is 2.07. The molecule has 2 unspecified atom stereocenters. The van der Waals surface area contributed by atoms with E-state index in [-0.39, 0.29) is 43.4 Å². The second-order valence-corrected chi connectivity index (χ2v) is 4.86. The number of hydrogen-bond donors (Lipinski definition) is 2. The number of aliphatic hydroxyl groups excluding tert-OH is 1. The van der Waals surface area contributed by atoms with E-state index in [2.05, 4.69) is 0 Å². The maximum absolute atomic E-state index is 12.0. The van der Waals surface area contributed by atoms with Crippen LogP contribution in [0.1, 0.15) is 19.8 Å². The van der Waals surface area contributed by atoms with Gasteiger partial charge in [-0.2, -0.15) is 0 Å². The molecule has 2 rings (SSSR count). The Morgan fingerprint density at radius 3 is 2.88 bits per heavy atom. The van der Waals surface area contributed by atoms with Gasteiger partial charge in [0.1, 0.15) is 0 Å². The molecule has 1 aliphatic carbocycles. The second kappa shape index (κ2) is 5.37. The molecule has 0 bridgehead atoms. The molecular formula is C11H20BNO4. The number of aliphatic hydroxyl groups is 1. The zero-order chi connectivity index (χ0) is 12.4. The van der Waals surface area contributed by atoms with Gasteiger partial charge in [0.15, 0.2) is 0 Å². The van der Waals surface area contributed by atoms with Crippen LogP contribution in [0.2, 0.25) is 12.1 Å². The largest absolute Gasteiger partial charge is 0.466 e. The van der Waals surface area contributed by atoms with Gasteiger partial charge in [0.2, 0.25) is 0 Å². The number of nitrogens with two attached hydrogens (primary N) is 1. The maximum Gasteiger partial charge on any atom is 0.309 e. The number of hydrogen-bond acceptors (Lipinski definition) is 5. The van der Waals surface area contributed by atoms with Crippen molar-refractivity contribution in [2.24, 2.45) is 17.6 Å². The second-order valence-electron chi connectivity index (χ2n) is 4.86. The monoisotopic (exact) mass is 241 g/mol. The quantitative estimate of drug-likeness (QED) is 0.418. The Morgan fingerprint density at radius 1 is 1.47 bits per heavy atom. The van der Waals surface area contributed by atoms with Gasteiger partial charge in [-0.1, -0.05) is 0 Å². The molecular weight excluding hydrogens is 221 g/mol. The van der Waals surface area contributed by atoms with Gasteiger partial charge in [-0.15, -0.1) is 0 Å². The Balaban J connectivity index is 2.10. The van der Waals surface area contributed by atoms with Crippen LogP contribution in [-0.2, 0) is 14.2 Å². The predicted octanol–water partition coefficient (Wildman–Crippen LogP) is 0.245. The minimum absolute atomic E-state index is 0.107. The molecule has 2 aliphatic rings. The van der Waals surface area contributed by atoms with Crippen LogP contribution in [0.25, 0.3) is 0 Å². The molecule has 1 saturated heterocycles. The molecule has 0 amide bonds. The first-order valence-corrected chi connectivity index (χ1v) is 6.35. The van der Waals surface area contributed by atoms with Crippen molar-refractivity contribution in [2.75, 3.05) is 13.3 Å². The summed E-state index contributed by atoms with van der Waals surface area (Å²) in [7, 11) is 0. The fourth-order valence-electron chi connectivity index (χ4n) is 3.41. The summed E-state index contributed by atoms with van der Waals surface area (Å²) in [6, 6.07) is 0. The molecule has 1 saturated carbocycles. The fourth-order valence-corrected chi connectivity index (χ4v) is 3.41. The zero-order valence-corrected chi connectivity index (χ0v) is 10.2. The molecule has 17 heavy (non-hydrogen) atoms. The number of carbonyl (C=O) groups is 1. The van der Waals surface area contributed by atoms with E-state index in [1.807, 2.05) is 0 Å². The average molecular weight is 241 g/mol. The highest BCUT2D eigenvalue weighted by Gasteiger charge is 2.55. The van der Waals surface area contributed by atoms with Gasteiger partial charge in [-0.25, -0.2) is 0 Å². The SMILES string of the molecule is CCOC(=O)C1B(OCN)C[C@@H]2C(O)CC[C@H]12. The minimum atomic E-state index is -0.302. The third kappa shape index (κ3) is 2.34. The summed E-state index contributed by atoms with van der Waals surface area (Å²) in [4.78, 5) is 12.0. The minimum Gasteiger partial charge on any atom is -0.466 e. The Kier molecular flexibility index (Phi) is 4.07. The summed E-state index contributed by atoms with van der Waals surface area (Å²) < 4.78 is 10.5. The molecule has 0 aromatic heterocycles. The van der Waals surface area contributed by atoms with Crippen LogP contribution in [0, 0.1) is 11.8 Å². The third-order valence-electron chi connectivity index (χ3n) is 4.08. The summed E-state index contributed by atoms with van der Waals surface area (Å²) in [5, 5.41) is 9.88. The maximum atomic E-state index is 12.0. The van der Waals surface area contributed by atoms with Crippen molar-refractivity contribution in [2.45, 2.75) is 38.0 Å². The first-order valence-electron chi connectivity index (χ1n) is 6.35. The lowest BCUT2D eigenvalue weighted by Crippen LogP contribution is -2.31. The predicted molar refractivity (Wildman–Crippen MR) is 63.3 cm³/mol. The van der Waals surface area contributed by atoms with Crippen molar-refractivity contribution in [1.82, 2.24) is 0 Å². The molecule has 2 fully saturated rings. The van der Waals surface area contributed by atoms with Crippen molar-refractivity contribution in [3.05, 3.63) is 0 Å². The summed E-state index contributed by atoms with van der Waals surface area (Å²) in [5.41, 5.74) is 5.39. The van der Waals surface area contributed by atoms with E-state index < -0.39 is 0 Å².